The van der Waals surface area contributed by atoms with Crippen LogP contribution in [-0.2, 0) is 0 Å². The number of nitrogens with one attached hydrogen (secondary N) is 1. The smallest absolute Gasteiger partial charge is 0.0957 e. The first kappa shape index (κ1) is 9.16. The Hall–Kier alpha value is -2.09. The maximum Gasteiger partial charge on any atom is 0.0957 e. The van der Waals surface area contributed by atoms with E-state index < -0.39 is 0 Å². The molecule has 0 saturated heterocycles. The number of aromatic amines is 1. The Kier molecular flexibility index (Phi) is 2.00. The second-order valence-corrected chi connectivity index (χ2v) is 3.92. The summed E-state index contributed by atoms with van der Waals surface area (Å²) in [5.74, 6) is 0. The van der Waals surface area contributed by atoms with Crippen molar-refractivity contribution >= 4 is 11.0 Å². The summed E-state index contributed by atoms with van der Waals surface area (Å²) in [5.41, 5.74) is 5.81. The van der Waals surface area contributed by atoms with Crippen LogP contribution in [0.25, 0.3) is 22.2 Å². The van der Waals surface area contributed by atoms with Crippen molar-refractivity contribution in [2.75, 3.05) is 0 Å². The molecule has 2 aromatic heterocycles. The van der Waals surface area contributed by atoms with Gasteiger partial charge in [0, 0.05) is 18.0 Å². The third-order valence-corrected chi connectivity index (χ3v) is 2.87. The largest absolute Gasteiger partial charge is 0.359 e. The summed E-state index contributed by atoms with van der Waals surface area (Å²) in [6.45, 7) is 2.12. The Labute approximate surface area is 94.0 Å². The Morgan fingerprint density at radius 2 is 1.88 bits per heavy atom. The first-order valence-corrected chi connectivity index (χ1v) is 5.34. The molecular formula is C14H12N2. The van der Waals surface area contributed by atoms with Crippen LogP contribution in [0.5, 0.6) is 0 Å². The fourth-order valence-corrected chi connectivity index (χ4v) is 2.04. The van der Waals surface area contributed by atoms with Crippen LogP contribution in [-0.4, -0.2) is 9.97 Å². The number of aromatic nitrogens is 2. The van der Waals surface area contributed by atoms with Gasteiger partial charge in [0.05, 0.1) is 11.0 Å². The van der Waals surface area contributed by atoms with E-state index in [4.69, 9.17) is 0 Å². The lowest BCUT2D eigenvalue weighted by atomic mass is 10.0. The van der Waals surface area contributed by atoms with E-state index >= 15 is 0 Å². The van der Waals surface area contributed by atoms with E-state index in [2.05, 4.69) is 41.2 Å². The van der Waals surface area contributed by atoms with Crippen molar-refractivity contribution in [3.05, 3.63) is 54.4 Å². The molecule has 2 heterocycles. The van der Waals surface area contributed by atoms with Gasteiger partial charge in [-0.15, -0.1) is 0 Å². The van der Waals surface area contributed by atoms with E-state index in [1.54, 1.807) is 0 Å². The van der Waals surface area contributed by atoms with E-state index in [0.29, 0.717) is 0 Å². The van der Waals surface area contributed by atoms with Crippen molar-refractivity contribution in [3.63, 3.8) is 0 Å². The molecule has 16 heavy (non-hydrogen) atoms. The molecule has 0 atom stereocenters. The lowest BCUT2D eigenvalue weighted by Gasteiger charge is -2.02. The lowest BCUT2D eigenvalue weighted by Crippen LogP contribution is -1.82. The van der Waals surface area contributed by atoms with E-state index in [-0.39, 0.29) is 0 Å². The van der Waals surface area contributed by atoms with E-state index in [9.17, 15) is 0 Å². The van der Waals surface area contributed by atoms with E-state index in [1.165, 1.54) is 16.7 Å². The van der Waals surface area contributed by atoms with Crippen LogP contribution >= 0.6 is 0 Å². The van der Waals surface area contributed by atoms with Crippen LogP contribution in [0.3, 0.4) is 0 Å². The van der Waals surface area contributed by atoms with Gasteiger partial charge in [-0.25, -0.2) is 0 Å². The number of benzene rings is 1. The highest BCUT2D eigenvalue weighted by molar-refractivity contribution is 5.92. The monoisotopic (exact) mass is 208 g/mol. The third kappa shape index (κ3) is 1.31. The summed E-state index contributed by atoms with van der Waals surface area (Å²) < 4.78 is 0. The zero-order valence-electron chi connectivity index (χ0n) is 9.07. The van der Waals surface area contributed by atoms with Gasteiger partial charge >= 0.3 is 0 Å². The second kappa shape index (κ2) is 3.49. The van der Waals surface area contributed by atoms with E-state index in [0.717, 1.165) is 11.0 Å². The molecule has 2 heteroatoms. The highest BCUT2D eigenvalue weighted by atomic mass is 14.8. The number of hydrogen-bond donors (Lipinski definition) is 1. The summed E-state index contributed by atoms with van der Waals surface area (Å²) in [7, 11) is 0. The van der Waals surface area contributed by atoms with Gasteiger partial charge in [-0.3, -0.25) is 4.98 Å². The maximum absolute atomic E-state index is 4.43. The summed E-state index contributed by atoms with van der Waals surface area (Å²) in [4.78, 5) is 7.68. The highest BCUT2D eigenvalue weighted by Crippen LogP contribution is 2.28. The van der Waals surface area contributed by atoms with Crippen molar-refractivity contribution in [2.24, 2.45) is 0 Å². The summed E-state index contributed by atoms with van der Waals surface area (Å²) in [5, 5.41) is 0. The average molecular weight is 208 g/mol. The number of hydrogen-bond acceptors (Lipinski definition) is 1. The van der Waals surface area contributed by atoms with Gasteiger partial charge in [0.15, 0.2) is 0 Å². The minimum atomic E-state index is 1.04. The molecule has 0 unspecified atom stereocenters. The van der Waals surface area contributed by atoms with Crippen molar-refractivity contribution in [1.29, 1.82) is 0 Å². The Balaban J connectivity index is 2.31. The van der Waals surface area contributed by atoms with Gasteiger partial charge in [0.25, 0.3) is 0 Å². The molecule has 3 rings (SSSR count). The average Bonchev–Trinajstić information content (AvgIpc) is 2.74. The lowest BCUT2D eigenvalue weighted by molar-refractivity contribution is 1.40. The Bertz CT molecular complexity index is 638. The molecule has 0 aliphatic carbocycles. The van der Waals surface area contributed by atoms with Crippen molar-refractivity contribution in [2.45, 2.75) is 6.92 Å². The second-order valence-electron chi connectivity index (χ2n) is 3.92. The van der Waals surface area contributed by atoms with Gasteiger partial charge in [-0.1, -0.05) is 24.3 Å². The summed E-state index contributed by atoms with van der Waals surface area (Å²) in [6.07, 6.45) is 3.86. The van der Waals surface area contributed by atoms with Crippen molar-refractivity contribution in [1.82, 2.24) is 9.97 Å². The molecular weight excluding hydrogens is 196 g/mol. The molecule has 0 aliphatic heterocycles. The SMILES string of the molecule is Cc1ccccc1-c1c[nH]c2cccnc12. The van der Waals surface area contributed by atoms with Crippen LogP contribution in [0.1, 0.15) is 5.56 Å². The molecule has 0 saturated carbocycles. The first-order valence-electron chi connectivity index (χ1n) is 5.34. The van der Waals surface area contributed by atoms with Gasteiger partial charge in [-0.05, 0) is 30.2 Å². The van der Waals surface area contributed by atoms with E-state index in [1.807, 2.05) is 24.5 Å². The van der Waals surface area contributed by atoms with Gasteiger partial charge in [0.2, 0.25) is 0 Å². The summed E-state index contributed by atoms with van der Waals surface area (Å²) >= 11 is 0. The topological polar surface area (TPSA) is 28.7 Å². The zero-order valence-corrected chi connectivity index (χ0v) is 9.07. The van der Waals surface area contributed by atoms with Crippen LogP contribution < -0.4 is 0 Å². The van der Waals surface area contributed by atoms with Crippen LogP contribution in [0.2, 0.25) is 0 Å². The number of pyridine rings is 1. The minimum Gasteiger partial charge on any atom is -0.359 e. The Morgan fingerprint density at radius 3 is 2.75 bits per heavy atom. The number of nitrogens with zero attached hydrogens (tertiary/aromatic N) is 1. The molecule has 3 aromatic rings. The number of fused-ring (bicyclic) bond motifs is 1. The highest BCUT2D eigenvalue weighted by Gasteiger charge is 2.07. The van der Waals surface area contributed by atoms with Gasteiger partial charge < -0.3 is 4.98 Å². The van der Waals surface area contributed by atoms with Crippen molar-refractivity contribution in [3.8, 4) is 11.1 Å². The molecule has 0 fully saturated rings. The fourth-order valence-electron chi connectivity index (χ4n) is 2.04. The van der Waals surface area contributed by atoms with Crippen molar-refractivity contribution < 1.29 is 0 Å². The molecule has 0 spiro atoms. The van der Waals surface area contributed by atoms with Gasteiger partial charge in [0.1, 0.15) is 0 Å². The molecule has 0 amide bonds. The predicted molar refractivity (Wildman–Crippen MR) is 66.3 cm³/mol. The fraction of sp³-hybridized carbons (Fsp3) is 0.0714. The van der Waals surface area contributed by atoms with Crippen LogP contribution in [0.4, 0.5) is 0 Å². The standard InChI is InChI=1S/C14H12N2/c1-10-5-2-3-6-11(10)12-9-16-13-7-4-8-15-14(12)13/h2-9,16H,1H3. The third-order valence-electron chi connectivity index (χ3n) is 2.87. The number of rotatable bonds is 1. The molecule has 0 radical (unpaired) electrons. The zero-order chi connectivity index (χ0) is 11.0. The predicted octanol–water partition coefficient (Wildman–Crippen LogP) is 3.54. The van der Waals surface area contributed by atoms with Gasteiger partial charge in [-0.2, -0.15) is 0 Å². The normalized spacial score (nSPS) is 10.8. The first-order chi connectivity index (χ1) is 7.86. The van der Waals surface area contributed by atoms with Crippen LogP contribution in [0, 0.1) is 6.92 Å². The Morgan fingerprint density at radius 1 is 1.00 bits per heavy atom. The summed E-state index contributed by atoms with van der Waals surface area (Å²) in [6, 6.07) is 12.4. The molecule has 78 valence electrons. The molecule has 1 N–H and O–H groups in total. The molecule has 2 nitrogen and oxygen atoms in total. The number of aryl methyl sites for hydroxylation is 1. The molecule has 0 aliphatic rings. The van der Waals surface area contributed by atoms with Crippen LogP contribution in [0.15, 0.2) is 48.8 Å². The minimum absolute atomic E-state index is 1.04. The number of H-pyrrole nitrogens is 1. The maximum atomic E-state index is 4.43. The quantitative estimate of drug-likeness (QED) is 0.651. The molecule has 0 bridgehead atoms. The molecule has 1 aromatic carbocycles.